The quantitative estimate of drug-likeness (QED) is 0.557. The van der Waals surface area contributed by atoms with E-state index >= 15 is 0 Å². The second-order valence-electron chi connectivity index (χ2n) is 4.74. The second-order valence-corrected chi connectivity index (χ2v) is 4.74. The molecule has 0 saturated carbocycles. The van der Waals surface area contributed by atoms with Gasteiger partial charge in [-0.25, -0.2) is 4.39 Å². The third kappa shape index (κ3) is 4.04. The molecule has 0 heterocycles. The molecule has 0 atom stereocenters. The number of halogens is 1. The zero-order valence-electron chi connectivity index (χ0n) is 11.1. The van der Waals surface area contributed by atoms with Crippen molar-refractivity contribution >= 4 is 17.8 Å². The number of amides is 2. The van der Waals surface area contributed by atoms with Crippen LogP contribution in [0.15, 0.2) is 24.3 Å². The highest BCUT2D eigenvalue weighted by molar-refractivity contribution is 6.01. The van der Waals surface area contributed by atoms with E-state index in [2.05, 4.69) is 5.43 Å². The molecule has 7 heteroatoms. The number of carbonyl (C=O) groups is 3. The SMILES string of the molecule is CC(C)(C(=O)O)C(=O)NNC(=O)Cc1ccc(F)cc1. The molecule has 20 heavy (non-hydrogen) atoms. The van der Waals surface area contributed by atoms with Crippen molar-refractivity contribution in [3.63, 3.8) is 0 Å². The number of carboxylic acids is 1. The van der Waals surface area contributed by atoms with E-state index in [1.165, 1.54) is 38.1 Å². The zero-order valence-corrected chi connectivity index (χ0v) is 11.1. The smallest absolute Gasteiger partial charge is 0.318 e. The number of aliphatic carboxylic acids is 1. The lowest BCUT2D eigenvalue weighted by Gasteiger charge is -2.18. The number of rotatable bonds is 4. The van der Waals surface area contributed by atoms with Crippen LogP contribution in [0.5, 0.6) is 0 Å². The van der Waals surface area contributed by atoms with Crippen molar-refractivity contribution < 1.29 is 23.9 Å². The summed E-state index contributed by atoms with van der Waals surface area (Å²) in [4.78, 5) is 33.9. The van der Waals surface area contributed by atoms with E-state index in [-0.39, 0.29) is 6.42 Å². The Labute approximate surface area is 115 Å². The maximum Gasteiger partial charge on any atom is 0.318 e. The molecule has 0 unspecified atom stereocenters. The molecule has 0 aromatic heterocycles. The van der Waals surface area contributed by atoms with Crippen LogP contribution in [0, 0.1) is 11.2 Å². The molecule has 0 aliphatic carbocycles. The topological polar surface area (TPSA) is 95.5 Å². The van der Waals surface area contributed by atoms with Gasteiger partial charge in [0.2, 0.25) is 5.91 Å². The minimum atomic E-state index is -1.65. The number of hydrogen-bond acceptors (Lipinski definition) is 3. The lowest BCUT2D eigenvalue weighted by Crippen LogP contribution is -2.50. The maximum atomic E-state index is 12.7. The monoisotopic (exact) mass is 282 g/mol. The molecule has 1 aromatic carbocycles. The van der Waals surface area contributed by atoms with Crippen LogP contribution in [0.1, 0.15) is 19.4 Å². The molecule has 0 bridgehead atoms. The Morgan fingerprint density at radius 1 is 1.15 bits per heavy atom. The van der Waals surface area contributed by atoms with Crippen LogP contribution in [-0.4, -0.2) is 22.9 Å². The van der Waals surface area contributed by atoms with Crippen LogP contribution < -0.4 is 10.9 Å². The zero-order chi connectivity index (χ0) is 15.3. The minimum absolute atomic E-state index is 0.0614. The van der Waals surface area contributed by atoms with Crippen molar-refractivity contribution in [2.24, 2.45) is 5.41 Å². The van der Waals surface area contributed by atoms with Gasteiger partial charge in [0.25, 0.3) is 5.91 Å². The first-order valence-corrected chi connectivity index (χ1v) is 5.80. The van der Waals surface area contributed by atoms with E-state index in [1.807, 2.05) is 5.43 Å². The molecule has 0 fully saturated rings. The Hall–Kier alpha value is -2.44. The summed E-state index contributed by atoms with van der Waals surface area (Å²) in [5.41, 5.74) is 3.07. The molecule has 2 amide bonds. The van der Waals surface area contributed by atoms with Gasteiger partial charge in [0.1, 0.15) is 11.2 Å². The molecule has 0 aliphatic heterocycles. The normalized spacial score (nSPS) is 10.8. The fourth-order valence-electron chi connectivity index (χ4n) is 1.21. The van der Waals surface area contributed by atoms with Crippen LogP contribution in [-0.2, 0) is 20.8 Å². The van der Waals surface area contributed by atoms with Crippen molar-refractivity contribution in [2.45, 2.75) is 20.3 Å². The van der Waals surface area contributed by atoms with Gasteiger partial charge in [-0.3, -0.25) is 25.2 Å². The molecule has 0 aliphatic rings. The van der Waals surface area contributed by atoms with Crippen LogP contribution in [0.25, 0.3) is 0 Å². The maximum absolute atomic E-state index is 12.7. The second kappa shape index (κ2) is 6.14. The van der Waals surface area contributed by atoms with Crippen LogP contribution in [0.3, 0.4) is 0 Å². The van der Waals surface area contributed by atoms with Gasteiger partial charge < -0.3 is 5.11 Å². The first-order chi connectivity index (χ1) is 9.23. The van der Waals surface area contributed by atoms with Crippen molar-refractivity contribution in [1.82, 2.24) is 10.9 Å². The molecule has 0 spiro atoms. The van der Waals surface area contributed by atoms with E-state index in [0.29, 0.717) is 5.56 Å². The first-order valence-electron chi connectivity index (χ1n) is 5.80. The summed E-state index contributed by atoms with van der Waals surface area (Å²) < 4.78 is 12.7. The Kier molecular flexibility index (Phi) is 4.79. The van der Waals surface area contributed by atoms with Gasteiger partial charge in [0.05, 0.1) is 6.42 Å². The Morgan fingerprint density at radius 2 is 1.70 bits per heavy atom. The fraction of sp³-hybridized carbons (Fsp3) is 0.308. The number of carboxylic acid groups (broad SMARTS) is 1. The summed E-state index contributed by atoms with van der Waals surface area (Å²) in [6.07, 6.45) is -0.0614. The van der Waals surface area contributed by atoms with Gasteiger partial charge in [-0.05, 0) is 31.5 Å². The summed E-state index contributed by atoms with van der Waals surface area (Å²) in [5, 5.41) is 8.83. The predicted octanol–water partition coefficient (Wildman–Crippen LogP) is 0.626. The van der Waals surface area contributed by atoms with Gasteiger partial charge in [0, 0.05) is 0 Å². The average molecular weight is 282 g/mol. The van der Waals surface area contributed by atoms with E-state index in [0.717, 1.165) is 0 Å². The molecule has 3 N–H and O–H groups in total. The third-order valence-electron chi connectivity index (χ3n) is 2.70. The third-order valence-corrected chi connectivity index (χ3v) is 2.70. The minimum Gasteiger partial charge on any atom is -0.480 e. The van der Waals surface area contributed by atoms with Gasteiger partial charge in [-0.1, -0.05) is 12.1 Å². The molecule has 108 valence electrons. The lowest BCUT2D eigenvalue weighted by atomic mass is 9.93. The number of benzene rings is 1. The Bertz CT molecular complexity index is 526. The molecule has 1 rings (SSSR count). The Morgan fingerprint density at radius 3 is 2.20 bits per heavy atom. The number of hydrazine groups is 1. The summed E-state index contributed by atoms with van der Waals surface area (Å²) in [5.74, 6) is -3.09. The largest absolute Gasteiger partial charge is 0.480 e. The summed E-state index contributed by atoms with van der Waals surface area (Å²) in [6.45, 7) is 2.44. The van der Waals surface area contributed by atoms with Gasteiger partial charge in [-0.2, -0.15) is 0 Å². The van der Waals surface area contributed by atoms with Gasteiger partial charge in [-0.15, -0.1) is 0 Å². The van der Waals surface area contributed by atoms with Crippen molar-refractivity contribution in [3.8, 4) is 0 Å². The lowest BCUT2D eigenvalue weighted by molar-refractivity contribution is -0.154. The highest BCUT2D eigenvalue weighted by Crippen LogP contribution is 2.14. The van der Waals surface area contributed by atoms with Crippen LogP contribution in [0.2, 0.25) is 0 Å². The summed E-state index contributed by atoms with van der Waals surface area (Å²) in [6, 6.07) is 5.32. The van der Waals surface area contributed by atoms with Crippen molar-refractivity contribution in [3.05, 3.63) is 35.6 Å². The fourth-order valence-corrected chi connectivity index (χ4v) is 1.21. The first kappa shape index (κ1) is 15.6. The highest BCUT2D eigenvalue weighted by atomic mass is 19.1. The van der Waals surface area contributed by atoms with E-state index < -0.39 is 29.0 Å². The van der Waals surface area contributed by atoms with Gasteiger partial charge in [0.15, 0.2) is 0 Å². The Balaban J connectivity index is 2.50. The molecule has 6 nitrogen and oxygen atoms in total. The summed E-state index contributed by atoms with van der Waals surface area (Å²) in [7, 11) is 0. The molecular formula is C13H15FN2O4. The van der Waals surface area contributed by atoms with Crippen LogP contribution in [0.4, 0.5) is 4.39 Å². The molecule has 0 radical (unpaired) electrons. The molecule has 0 saturated heterocycles. The molecule has 1 aromatic rings. The van der Waals surface area contributed by atoms with Crippen molar-refractivity contribution in [2.75, 3.05) is 0 Å². The summed E-state index contributed by atoms with van der Waals surface area (Å²) >= 11 is 0. The van der Waals surface area contributed by atoms with E-state index in [9.17, 15) is 18.8 Å². The number of hydrogen-bond donors (Lipinski definition) is 3. The standard InChI is InChI=1S/C13H15FN2O4/c1-13(2,12(19)20)11(18)16-15-10(17)7-8-3-5-9(14)6-4-8/h3-6H,7H2,1-2H3,(H,15,17)(H,16,18)(H,19,20). The highest BCUT2D eigenvalue weighted by Gasteiger charge is 2.36. The number of nitrogens with one attached hydrogen (secondary N) is 2. The van der Waals surface area contributed by atoms with Crippen LogP contribution >= 0.6 is 0 Å². The van der Waals surface area contributed by atoms with Gasteiger partial charge >= 0.3 is 5.97 Å². The van der Waals surface area contributed by atoms with E-state index in [4.69, 9.17) is 5.11 Å². The van der Waals surface area contributed by atoms with Crippen molar-refractivity contribution in [1.29, 1.82) is 0 Å². The van der Waals surface area contributed by atoms with E-state index in [1.54, 1.807) is 0 Å². The molecular weight excluding hydrogens is 267 g/mol. The predicted molar refractivity (Wildman–Crippen MR) is 67.8 cm³/mol. The average Bonchev–Trinajstić information content (AvgIpc) is 2.38. The number of carbonyl (C=O) groups excluding carboxylic acids is 2.